The van der Waals surface area contributed by atoms with E-state index in [1.54, 1.807) is 14.2 Å². The zero-order chi connectivity index (χ0) is 14.4. The molecular formula is C16H19NO3. The topological polar surface area (TPSA) is 41.9 Å². The van der Waals surface area contributed by atoms with Crippen molar-refractivity contribution in [3.05, 3.63) is 59.7 Å². The average molecular weight is 273 g/mol. The number of rotatable bonds is 6. The molecule has 1 N–H and O–H groups in total. The van der Waals surface area contributed by atoms with Gasteiger partial charge in [-0.05, 0) is 35.4 Å². The second-order valence-corrected chi connectivity index (χ2v) is 4.52. The van der Waals surface area contributed by atoms with Crippen molar-refractivity contribution in [3.63, 3.8) is 0 Å². The fraction of sp³-hybridized carbons (Fsp3) is 0.250. The lowest BCUT2D eigenvalue weighted by Crippen LogP contribution is -2.17. The summed E-state index contributed by atoms with van der Waals surface area (Å²) in [7, 11) is 3.27. The zero-order valence-electron chi connectivity index (χ0n) is 11.7. The van der Waals surface area contributed by atoms with E-state index in [2.05, 4.69) is 0 Å². The maximum atomic E-state index is 9.98. The molecule has 2 rings (SSSR count). The highest BCUT2D eigenvalue weighted by atomic mass is 16.5. The van der Waals surface area contributed by atoms with Crippen LogP contribution in [0.5, 0.6) is 11.5 Å². The highest BCUT2D eigenvalue weighted by Crippen LogP contribution is 2.15. The van der Waals surface area contributed by atoms with Crippen molar-refractivity contribution in [1.82, 2.24) is 5.06 Å². The Morgan fingerprint density at radius 2 is 1.10 bits per heavy atom. The molecule has 0 unspecified atom stereocenters. The maximum absolute atomic E-state index is 9.98. The zero-order valence-corrected chi connectivity index (χ0v) is 11.7. The number of hydrogen-bond acceptors (Lipinski definition) is 4. The Kier molecular flexibility index (Phi) is 4.98. The van der Waals surface area contributed by atoms with E-state index in [1.807, 2.05) is 48.5 Å². The van der Waals surface area contributed by atoms with E-state index in [4.69, 9.17) is 9.47 Å². The van der Waals surface area contributed by atoms with Crippen molar-refractivity contribution in [1.29, 1.82) is 0 Å². The second kappa shape index (κ2) is 6.93. The van der Waals surface area contributed by atoms with Gasteiger partial charge >= 0.3 is 0 Å². The van der Waals surface area contributed by atoms with Gasteiger partial charge < -0.3 is 14.7 Å². The van der Waals surface area contributed by atoms with Gasteiger partial charge in [-0.1, -0.05) is 24.3 Å². The summed E-state index contributed by atoms with van der Waals surface area (Å²) in [6.45, 7) is 0.937. The molecule has 0 saturated heterocycles. The predicted molar refractivity (Wildman–Crippen MR) is 77.0 cm³/mol. The summed E-state index contributed by atoms with van der Waals surface area (Å²) >= 11 is 0. The van der Waals surface area contributed by atoms with Crippen molar-refractivity contribution in [2.24, 2.45) is 0 Å². The Bertz CT molecular complexity index is 473. The summed E-state index contributed by atoms with van der Waals surface area (Å²) in [4.78, 5) is 0. The molecule has 0 amide bonds. The minimum absolute atomic E-state index is 0.468. The van der Waals surface area contributed by atoms with E-state index < -0.39 is 0 Å². The molecule has 20 heavy (non-hydrogen) atoms. The lowest BCUT2D eigenvalue weighted by Gasteiger charge is -2.15. The molecule has 0 saturated carbocycles. The van der Waals surface area contributed by atoms with Crippen LogP contribution in [-0.4, -0.2) is 24.5 Å². The van der Waals surface area contributed by atoms with Crippen LogP contribution in [0.1, 0.15) is 11.1 Å². The summed E-state index contributed by atoms with van der Waals surface area (Å²) in [5, 5.41) is 11.3. The number of hydroxylamine groups is 2. The van der Waals surface area contributed by atoms with Gasteiger partial charge in [0, 0.05) is 13.1 Å². The smallest absolute Gasteiger partial charge is 0.118 e. The van der Waals surface area contributed by atoms with Gasteiger partial charge in [0.25, 0.3) is 0 Å². The van der Waals surface area contributed by atoms with Crippen LogP contribution in [0.3, 0.4) is 0 Å². The first-order chi connectivity index (χ1) is 9.71. The highest BCUT2D eigenvalue weighted by molar-refractivity contribution is 5.28. The van der Waals surface area contributed by atoms with Gasteiger partial charge in [-0.3, -0.25) is 0 Å². The maximum Gasteiger partial charge on any atom is 0.118 e. The molecule has 0 aliphatic rings. The minimum Gasteiger partial charge on any atom is -0.497 e. The molecule has 2 aromatic carbocycles. The second-order valence-electron chi connectivity index (χ2n) is 4.52. The van der Waals surface area contributed by atoms with Crippen molar-refractivity contribution in [2.45, 2.75) is 13.1 Å². The number of hydrogen-bond donors (Lipinski definition) is 1. The average Bonchev–Trinajstić information content (AvgIpc) is 2.49. The van der Waals surface area contributed by atoms with E-state index in [1.165, 1.54) is 5.06 Å². The molecule has 0 atom stereocenters. The van der Waals surface area contributed by atoms with Crippen LogP contribution < -0.4 is 9.47 Å². The first-order valence-corrected chi connectivity index (χ1v) is 6.41. The Morgan fingerprint density at radius 1 is 0.750 bits per heavy atom. The van der Waals surface area contributed by atoms with E-state index in [0.717, 1.165) is 22.6 Å². The predicted octanol–water partition coefficient (Wildman–Crippen LogP) is 3.10. The third-order valence-corrected chi connectivity index (χ3v) is 3.05. The molecule has 0 aromatic heterocycles. The molecule has 2 aromatic rings. The Hall–Kier alpha value is -2.04. The number of ether oxygens (including phenoxy) is 2. The number of methoxy groups -OCH3 is 2. The largest absolute Gasteiger partial charge is 0.497 e. The Morgan fingerprint density at radius 3 is 1.40 bits per heavy atom. The molecule has 4 heteroatoms. The molecule has 4 nitrogen and oxygen atoms in total. The first-order valence-electron chi connectivity index (χ1n) is 6.41. The van der Waals surface area contributed by atoms with Crippen molar-refractivity contribution >= 4 is 0 Å². The monoisotopic (exact) mass is 273 g/mol. The van der Waals surface area contributed by atoms with Gasteiger partial charge in [0.15, 0.2) is 0 Å². The fourth-order valence-corrected chi connectivity index (χ4v) is 1.94. The third kappa shape index (κ3) is 3.98. The summed E-state index contributed by atoms with van der Waals surface area (Å²) in [5.74, 6) is 1.63. The molecule has 0 aliphatic carbocycles. The van der Waals surface area contributed by atoms with E-state index in [0.29, 0.717) is 13.1 Å². The van der Waals surface area contributed by atoms with Crippen LogP contribution in [0.4, 0.5) is 0 Å². The Labute approximate surface area is 119 Å². The first kappa shape index (κ1) is 14.4. The third-order valence-electron chi connectivity index (χ3n) is 3.05. The van der Waals surface area contributed by atoms with Crippen LogP contribution in [-0.2, 0) is 13.1 Å². The molecule has 0 aliphatic heterocycles. The molecule has 0 bridgehead atoms. The van der Waals surface area contributed by atoms with Gasteiger partial charge in [0.2, 0.25) is 0 Å². The fourth-order valence-electron chi connectivity index (χ4n) is 1.94. The molecule has 0 spiro atoms. The molecular weight excluding hydrogens is 254 g/mol. The highest BCUT2D eigenvalue weighted by Gasteiger charge is 2.04. The van der Waals surface area contributed by atoms with Crippen LogP contribution in [0.2, 0.25) is 0 Å². The van der Waals surface area contributed by atoms with Gasteiger partial charge in [0.1, 0.15) is 11.5 Å². The molecule has 0 heterocycles. The van der Waals surface area contributed by atoms with E-state index >= 15 is 0 Å². The summed E-state index contributed by atoms with van der Waals surface area (Å²) < 4.78 is 10.2. The standard InChI is InChI=1S/C16H19NO3/c1-19-15-7-3-13(4-8-15)11-17(18)12-14-5-9-16(20-2)10-6-14/h3-10,18H,11-12H2,1-2H3. The minimum atomic E-state index is 0.468. The molecule has 106 valence electrons. The van der Waals surface area contributed by atoms with Crippen LogP contribution in [0, 0.1) is 0 Å². The molecule has 0 fully saturated rings. The lowest BCUT2D eigenvalue weighted by atomic mass is 10.2. The van der Waals surface area contributed by atoms with Crippen molar-refractivity contribution < 1.29 is 14.7 Å². The Balaban J connectivity index is 1.91. The molecule has 0 radical (unpaired) electrons. The quantitative estimate of drug-likeness (QED) is 0.821. The van der Waals surface area contributed by atoms with Crippen LogP contribution >= 0.6 is 0 Å². The van der Waals surface area contributed by atoms with Gasteiger partial charge in [0.05, 0.1) is 14.2 Å². The van der Waals surface area contributed by atoms with Gasteiger partial charge in [-0.15, -0.1) is 0 Å². The van der Waals surface area contributed by atoms with Crippen molar-refractivity contribution in [2.75, 3.05) is 14.2 Å². The van der Waals surface area contributed by atoms with Crippen molar-refractivity contribution in [3.8, 4) is 11.5 Å². The number of nitrogens with zero attached hydrogens (tertiary/aromatic N) is 1. The van der Waals surface area contributed by atoms with Crippen LogP contribution in [0.25, 0.3) is 0 Å². The van der Waals surface area contributed by atoms with E-state index in [9.17, 15) is 5.21 Å². The van der Waals surface area contributed by atoms with E-state index in [-0.39, 0.29) is 0 Å². The SMILES string of the molecule is COc1ccc(CN(O)Cc2ccc(OC)cc2)cc1. The summed E-state index contributed by atoms with van der Waals surface area (Å²) in [6, 6.07) is 15.3. The summed E-state index contributed by atoms with van der Waals surface area (Å²) in [5.41, 5.74) is 2.06. The van der Waals surface area contributed by atoms with Crippen LogP contribution in [0.15, 0.2) is 48.5 Å². The van der Waals surface area contributed by atoms with Gasteiger partial charge in [-0.2, -0.15) is 5.06 Å². The number of benzene rings is 2. The normalized spacial score (nSPS) is 10.6. The summed E-state index contributed by atoms with van der Waals surface area (Å²) in [6.07, 6.45) is 0. The van der Waals surface area contributed by atoms with Gasteiger partial charge in [-0.25, -0.2) is 0 Å². The lowest BCUT2D eigenvalue weighted by molar-refractivity contribution is -0.108.